The molecule has 21 heavy (non-hydrogen) atoms. The van der Waals surface area contributed by atoms with Gasteiger partial charge in [0.25, 0.3) is 0 Å². The molecule has 1 aromatic carbocycles. The van der Waals surface area contributed by atoms with Crippen LogP contribution in [0.2, 0.25) is 0 Å². The fourth-order valence-electron chi connectivity index (χ4n) is 1.93. The van der Waals surface area contributed by atoms with Gasteiger partial charge in [-0.3, -0.25) is 0 Å². The summed E-state index contributed by atoms with van der Waals surface area (Å²) in [5, 5.41) is 15.1. The second kappa shape index (κ2) is 6.10. The molecule has 7 nitrogen and oxygen atoms in total. The highest BCUT2D eigenvalue weighted by molar-refractivity contribution is 5.93. The smallest absolute Gasteiger partial charge is 0.160 e. The fourth-order valence-corrected chi connectivity index (χ4v) is 1.93. The van der Waals surface area contributed by atoms with Gasteiger partial charge in [-0.05, 0) is 12.1 Å². The zero-order chi connectivity index (χ0) is 14.5. The predicted octanol–water partition coefficient (Wildman–Crippen LogP) is 1.57. The van der Waals surface area contributed by atoms with Gasteiger partial charge in [0.2, 0.25) is 0 Å². The van der Waals surface area contributed by atoms with E-state index in [0.29, 0.717) is 29.2 Å². The second-order valence-electron chi connectivity index (χ2n) is 4.28. The van der Waals surface area contributed by atoms with Crippen LogP contribution in [0.4, 0.5) is 17.3 Å². The lowest BCUT2D eigenvalue weighted by atomic mass is 10.3. The van der Waals surface area contributed by atoms with Crippen LogP contribution in [0.3, 0.4) is 0 Å². The molecule has 0 saturated carbocycles. The first-order valence-electron chi connectivity index (χ1n) is 6.51. The molecule has 0 aliphatic carbocycles. The Kier molecular flexibility index (Phi) is 3.83. The van der Waals surface area contributed by atoms with Gasteiger partial charge in [0.1, 0.15) is 23.7 Å². The van der Waals surface area contributed by atoms with Gasteiger partial charge in [-0.2, -0.15) is 0 Å². The summed E-state index contributed by atoms with van der Waals surface area (Å²) in [4.78, 5) is 16.8. The van der Waals surface area contributed by atoms with E-state index >= 15 is 0 Å². The van der Waals surface area contributed by atoms with Gasteiger partial charge in [-0.15, -0.1) is 0 Å². The largest absolute Gasteiger partial charge is 0.395 e. The zero-order valence-electron chi connectivity index (χ0n) is 11.2. The molecule has 0 bridgehead atoms. The van der Waals surface area contributed by atoms with E-state index in [9.17, 15) is 0 Å². The van der Waals surface area contributed by atoms with Crippen molar-refractivity contribution in [3.05, 3.63) is 43.0 Å². The summed E-state index contributed by atoms with van der Waals surface area (Å²) >= 11 is 0. The summed E-state index contributed by atoms with van der Waals surface area (Å²) in [6, 6.07) is 9.71. The lowest BCUT2D eigenvalue weighted by molar-refractivity contribution is 0.311. The Hall–Kier alpha value is -2.80. The normalized spacial score (nSPS) is 10.5. The van der Waals surface area contributed by atoms with Gasteiger partial charge in [-0.1, -0.05) is 18.2 Å². The van der Waals surface area contributed by atoms with E-state index in [-0.39, 0.29) is 6.61 Å². The molecule has 0 amide bonds. The molecule has 0 aliphatic rings. The zero-order valence-corrected chi connectivity index (χ0v) is 11.2. The number of hydrogen-bond acceptors (Lipinski definition) is 7. The van der Waals surface area contributed by atoms with Crippen molar-refractivity contribution < 1.29 is 5.11 Å². The minimum atomic E-state index is 0.0195. The monoisotopic (exact) mass is 282 g/mol. The summed E-state index contributed by atoms with van der Waals surface area (Å²) in [5.74, 6) is 1.19. The van der Waals surface area contributed by atoms with Crippen molar-refractivity contribution in [1.29, 1.82) is 0 Å². The number of rotatable bonds is 5. The van der Waals surface area contributed by atoms with E-state index in [1.165, 1.54) is 12.7 Å². The maximum atomic E-state index is 8.90. The van der Waals surface area contributed by atoms with Crippen LogP contribution < -0.4 is 10.6 Å². The van der Waals surface area contributed by atoms with Gasteiger partial charge >= 0.3 is 0 Å². The van der Waals surface area contributed by atoms with Crippen LogP contribution in [0.15, 0.2) is 43.0 Å². The molecule has 3 rings (SSSR count). The molecule has 2 heterocycles. The molecule has 0 aliphatic heterocycles. The lowest BCUT2D eigenvalue weighted by Gasteiger charge is -2.09. The highest BCUT2D eigenvalue weighted by Gasteiger charge is 2.10. The van der Waals surface area contributed by atoms with Crippen molar-refractivity contribution in [2.24, 2.45) is 0 Å². The lowest BCUT2D eigenvalue weighted by Crippen LogP contribution is -2.09. The number of nitrogens with one attached hydrogen (secondary N) is 2. The quantitative estimate of drug-likeness (QED) is 0.653. The van der Waals surface area contributed by atoms with E-state index in [1.54, 1.807) is 0 Å². The van der Waals surface area contributed by atoms with Crippen LogP contribution in [0.5, 0.6) is 0 Å². The molecule has 106 valence electrons. The first kappa shape index (κ1) is 13.2. The topological polar surface area (TPSA) is 95.8 Å². The first-order valence-corrected chi connectivity index (χ1v) is 6.51. The first-order chi connectivity index (χ1) is 10.4. The van der Waals surface area contributed by atoms with Crippen LogP contribution in [0.25, 0.3) is 11.0 Å². The number of benzene rings is 1. The Labute approximate surface area is 121 Å². The minimum Gasteiger partial charge on any atom is -0.395 e. The number of hydrogen-bond donors (Lipinski definition) is 3. The van der Waals surface area contributed by atoms with Gasteiger partial charge in [-0.25, -0.2) is 19.9 Å². The third-order valence-electron chi connectivity index (χ3n) is 2.86. The number of anilines is 3. The van der Waals surface area contributed by atoms with Crippen molar-refractivity contribution in [3.8, 4) is 0 Å². The molecule has 3 aromatic rings. The van der Waals surface area contributed by atoms with Gasteiger partial charge in [0.15, 0.2) is 11.6 Å². The van der Waals surface area contributed by atoms with Crippen molar-refractivity contribution >= 4 is 28.4 Å². The Bertz CT molecular complexity index is 734. The van der Waals surface area contributed by atoms with Gasteiger partial charge in [0, 0.05) is 12.2 Å². The Morgan fingerprint density at radius 1 is 0.857 bits per heavy atom. The number of para-hydroxylation sites is 1. The molecule has 0 radical (unpaired) electrons. The van der Waals surface area contributed by atoms with Crippen LogP contribution in [0, 0.1) is 0 Å². The fraction of sp³-hybridized carbons (Fsp3) is 0.143. The summed E-state index contributed by atoms with van der Waals surface area (Å²) in [5.41, 5.74) is 2.15. The van der Waals surface area contributed by atoms with E-state index in [2.05, 4.69) is 30.6 Å². The van der Waals surface area contributed by atoms with E-state index in [4.69, 9.17) is 5.11 Å². The third kappa shape index (κ3) is 2.87. The molecular formula is C14H14N6O. The van der Waals surface area contributed by atoms with Crippen LogP contribution in [-0.4, -0.2) is 38.2 Å². The average Bonchev–Trinajstić information content (AvgIpc) is 2.54. The molecular weight excluding hydrogens is 268 g/mol. The number of aliphatic hydroxyl groups excluding tert-OH is 1. The maximum absolute atomic E-state index is 8.90. The van der Waals surface area contributed by atoms with Crippen molar-refractivity contribution in [3.63, 3.8) is 0 Å². The molecule has 3 N–H and O–H groups in total. The van der Waals surface area contributed by atoms with E-state index in [1.807, 2.05) is 30.3 Å². The number of aliphatic hydroxyl groups is 1. The van der Waals surface area contributed by atoms with Crippen LogP contribution in [-0.2, 0) is 0 Å². The standard InChI is InChI=1S/C14H14N6O/c21-7-6-15-13-11-12(17-8-18-13)14(19-9-16-11)20-10-4-2-1-3-5-10/h1-5,8-9,21H,6-7H2,(H,15,17,18)(H,16,19,20). The predicted molar refractivity (Wildman–Crippen MR) is 80.4 cm³/mol. The molecule has 0 atom stereocenters. The SMILES string of the molecule is OCCNc1ncnc2c(Nc3ccccc3)ncnc12. The average molecular weight is 282 g/mol. The number of aromatic nitrogens is 4. The van der Waals surface area contributed by atoms with E-state index in [0.717, 1.165) is 5.69 Å². The van der Waals surface area contributed by atoms with Crippen molar-refractivity contribution in [2.75, 3.05) is 23.8 Å². The minimum absolute atomic E-state index is 0.0195. The molecule has 7 heteroatoms. The highest BCUT2D eigenvalue weighted by Crippen LogP contribution is 2.23. The van der Waals surface area contributed by atoms with Crippen molar-refractivity contribution in [1.82, 2.24) is 19.9 Å². The maximum Gasteiger partial charge on any atom is 0.160 e. The molecule has 0 fully saturated rings. The number of fused-ring (bicyclic) bond motifs is 1. The van der Waals surface area contributed by atoms with Gasteiger partial charge in [0.05, 0.1) is 6.61 Å². The van der Waals surface area contributed by atoms with Crippen molar-refractivity contribution in [2.45, 2.75) is 0 Å². The molecule has 2 aromatic heterocycles. The second-order valence-corrected chi connectivity index (χ2v) is 4.28. The van der Waals surface area contributed by atoms with Gasteiger partial charge < -0.3 is 15.7 Å². The van der Waals surface area contributed by atoms with Crippen LogP contribution >= 0.6 is 0 Å². The summed E-state index contributed by atoms with van der Waals surface area (Å²) in [6.07, 6.45) is 2.91. The van der Waals surface area contributed by atoms with Crippen LogP contribution in [0.1, 0.15) is 0 Å². The Morgan fingerprint density at radius 3 is 2.24 bits per heavy atom. The Morgan fingerprint density at radius 2 is 1.52 bits per heavy atom. The number of nitrogens with zero attached hydrogens (tertiary/aromatic N) is 4. The summed E-state index contributed by atoms with van der Waals surface area (Å²) in [6.45, 7) is 0.420. The highest BCUT2D eigenvalue weighted by atomic mass is 16.3. The Balaban J connectivity index is 2.00. The summed E-state index contributed by atoms with van der Waals surface area (Å²) in [7, 11) is 0. The summed E-state index contributed by atoms with van der Waals surface area (Å²) < 4.78 is 0. The molecule has 0 saturated heterocycles. The van der Waals surface area contributed by atoms with E-state index < -0.39 is 0 Å². The third-order valence-corrected chi connectivity index (χ3v) is 2.86. The molecule has 0 spiro atoms. The molecule has 0 unspecified atom stereocenters.